The van der Waals surface area contributed by atoms with Crippen LogP contribution in [0.25, 0.3) is 5.82 Å². The Labute approximate surface area is 167 Å². The molecule has 0 unspecified atom stereocenters. The average molecular weight is 392 g/mol. The average Bonchev–Trinajstić information content (AvgIpc) is 3.45. The number of aromatic nitrogens is 3. The Morgan fingerprint density at radius 2 is 2.25 bits per heavy atom. The Hall–Kier alpha value is -2.93. The number of carbonyl (C=O) groups is 1. The zero-order valence-corrected chi connectivity index (χ0v) is 16.5. The van der Waals surface area contributed by atoms with Gasteiger partial charge in [0.2, 0.25) is 0 Å². The molecule has 2 aliphatic rings. The molecule has 28 heavy (non-hydrogen) atoms. The van der Waals surface area contributed by atoms with Crippen LogP contribution < -0.4 is 4.90 Å². The third kappa shape index (κ3) is 2.29. The molecule has 1 spiro atoms. The van der Waals surface area contributed by atoms with Crippen molar-refractivity contribution in [1.82, 2.24) is 19.4 Å². The number of nitrogens with zero attached hydrogens (tertiary/aromatic N) is 5. The molecule has 6 nitrogen and oxygen atoms in total. The van der Waals surface area contributed by atoms with Crippen molar-refractivity contribution in [2.75, 3.05) is 24.5 Å². The van der Waals surface area contributed by atoms with Crippen LogP contribution in [0.5, 0.6) is 0 Å². The molecule has 0 N–H and O–H groups in total. The van der Waals surface area contributed by atoms with E-state index in [4.69, 9.17) is 0 Å². The van der Waals surface area contributed by atoms with Gasteiger partial charge in [0.25, 0.3) is 5.91 Å². The molecule has 142 valence electrons. The zero-order chi connectivity index (χ0) is 19.3. The number of aryl methyl sites for hydroxylation is 1. The van der Waals surface area contributed by atoms with E-state index in [1.807, 2.05) is 30.2 Å². The second-order valence-electron chi connectivity index (χ2n) is 7.28. The van der Waals surface area contributed by atoms with E-state index in [-0.39, 0.29) is 11.4 Å². The van der Waals surface area contributed by atoms with Crippen LogP contribution in [0.1, 0.15) is 27.5 Å². The topological polar surface area (TPSA) is 54.3 Å². The van der Waals surface area contributed by atoms with Crippen molar-refractivity contribution in [2.24, 2.45) is 0 Å². The van der Waals surface area contributed by atoms with E-state index in [2.05, 4.69) is 50.4 Å². The molecule has 7 heteroatoms. The lowest BCUT2D eigenvalue weighted by molar-refractivity contribution is 0.0786. The number of carbonyl (C=O) groups excluding carboxylic acids is 1. The van der Waals surface area contributed by atoms with Crippen molar-refractivity contribution in [3.63, 3.8) is 0 Å². The lowest BCUT2D eigenvalue weighted by atomic mass is 9.89. The maximum Gasteiger partial charge on any atom is 0.265 e. The first kappa shape index (κ1) is 17.2. The minimum atomic E-state index is -0.290. The Morgan fingerprint density at radius 3 is 3.04 bits per heavy atom. The molecule has 0 saturated carbocycles. The fraction of sp³-hybridized carbons (Fsp3) is 0.286. The molecule has 3 aromatic heterocycles. The summed E-state index contributed by atoms with van der Waals surface area (Å²) in [5.74, 6) is 1.00. The van der Waals surface area contributed by atoms with Gasteiger partial charge in [0.15, 0.2) is 5.82 Å². The third-order valence-corrected chi connectivity index (χ3v) is 6.73. The molecule has 1 fully saturated rings. The first-order valence-corrected chi connectivity index (χ1v) is 10.2. The SMILES string of the molecule is C=CCN1c2cccnc2-n2cccc2[C@]12CCN(C(=O)c1scnc1C)C2. The zero-order valence-electron chi connectivity index (χ0n) is 15.7. The first-order chi connectivity index (χ1) is 13.7. The number of likely N-dealkylation sites (tertiary alicyclic amines) is 1. The highest BCUT2D eigenvalue weighted by Gasteiger charge is 2.50. The number of fused-ring (bicyclic) bond motifs is 4. The molecular formula is C21H21N5OS. The van der Waals surface area contributed by atoms with Crippen LogP contribution in [0.4, 0.5) is 5.69 Å². The molecule has 1 amide bonds. The van der Waals surface area contributed by atoms with E-state index in [0.29, 0.717) is 19.6 Å². The summed E-state index contributed by atoms with van der Waals surface area (Å²) in [5.41, 5.74) is 4.51. The molecule has 3 aromatic rings. The van der Waals surface area contributed by atoms with Crippen LogP contribution in [0.15, 0.2) is 54.8 Å². The van der Waals surface area contributed by atoms with Gasteiger partial charge in [-0.3, -0.25) is 4.79 Å². The predicted molar refractivity (Wildman–Crippen MR) is 110 cm³/mol. The van der Waals surface area contributed by atoms with Gasteiger partial charge in [-0.05, 0) is 37.6 Å². The minimum Gasteiger partial charge on any atom is -0.352 e. The maximum atomic E-state index is 13.2. The number of hydrogen-bond donors (Lipinski definition) is 0. The van der Waals surface area contributed by atoms with Crippen LogP contribution in [0.2, 0.25) is 0 Å². The molecule has 0 bridgehead atoms. The molecule has 1 atom stereocenters. The predicted octanol–water partition coefficient (Wildman–Crippen LogP) is 3.38. The van der Waals surface area contributed by atoms with Crippen LogP contribution in [-0.2, 0) is 5.54 Å². The van der Waals surface area contributed by atoms with Crippen LogP contribution in [-0.4, -0.2) is 45.0 Å². The number of amides is 1. The second-order valence-corrected chi connectivity index (χ2v) is 8.14. The highest BCUT2D eigenvalue weighted by Crippen LogP contribution is 2.47. The van der Waals surface area contributed by atoms with Gasteiger partial charge in [-0.1, -0.05) is 6.08 Å². The molecule has 0 aromatic carbocycles. The van der Waals surface area contributed by atoms with Crippen molar-refractivity contribution < 1.29 is 4.79 Å². The minimum absolute atomic E-state index is 0.0746. The van der Waals surface area contributed by atoms with E-state index in [9.17, 15) is 4.79 Å². The number of pyridine rings is 1. The molecule has 2 aliphatic heterocycles. The van der Waals surface area contributed by atoms with Gasteiger partial charge in [-0.15, -0.1) is 17.9 Å². The molecule has 0 aliphatic carbocycles. The van der Waals surface area contributed by atoms with E-state index in [1.165, 1.54) is 17.0 Å². The highest BCUT2D eigenvalue weighted by atomic mass is 32.1. The summed E-state index contributed by atoms with van der Waals surface area (Å²) < 4.78 is 2.17. The van der Waals surface area contributed by atoms with Gasteiger partial charge in [-0.25, -0.2) is 9.97 Å². The molecule has 5 heterocycles. The summed E-state index contributed by atoms with van der Waals surface area (Å²) >= 11 is 1.42. The summed E-state index contributed by atoms with van der Waals surface area (Å²) in [5, 5.41) is 0. The fourth-order valence-corrected chi connectivity index (χ4v) is 5.32. The highest BCUT2D eigenvalue weighted by molar-refractivity contribution is 7.11. The van der Waals surface area contributed by atoms with Gasteiger partial charge in [0.05, 0.1) is 22.6 Å². The summed E-state index contributed by atoms with van der Waals surface area (Å²) in [6.07, 6.45) is 6.67. The normalized spacial score (nSPS) is 20.3. The van der Waals surface area contributed by atoms with E-state index in [1.54, 1.807) is 5.51 Å². The van der Waals surface area contributed by atoms with E-state index < -0.39 is 0 Å². The van der Waals surface area contributed by atoms with Crippen molar-refractivity contribution in [3.05, 3.63) is 71.1 Å². The van der Waals surface area contributed by atoms with Gasteiger partial charge in [0.1, 0.15) is 10.4 Å². The van der Waals surface area contributed by atoms with Crippen LogP contribution in [0, 0.1) is 6.92 Å². The molecule has 0 radical (unpaired) electrons. The number of anilines is 1. The fourth-order valence-electron chi connectivity index (χ4n) is 4.55. The summed E-state index contributed by atoms with van der Waals surface area (Å²) in [6, 6.07) is 8.29. The Morgan fingerprint density at radius 1 is 1.36 bits per heavy atom. The summed E-state index contributed by atoms with van der Waals surface area (Å²) in [7, 11) is 0. The second kappa shape index (κ2) is 6.31. The van der Waals surface area contributed by atoms with Crippen LogP contribution >= 0.6 is 11.3 Å². The van der Waals surface area contributed by atoms with Crippen LogP contribution in [0.3, 0.4) is 0 Å². The monoisotopic (exact) mass is 391 g/mol. The van der Waals surface area contributed by atoms with Gasteiger partial charge < -0.3 is 14.4 Å². The van der Waals surface area contributed by atoms with Crippen molar-refractivity contribution in [3.8, 4) is 5.82 Å². The summed E-state index contributed by atoms with van der Waals surface area (Å²) in [4.78, 5) is 27.1. The number of rotatable bonds is 3. The number of thiazole rings is 1. The van der Waals surface area contributed by atoms with Crippen molar-refractivity contribution >= 4 is 22.9 Å². The van der Waals surface area contributed by atoms with Crippen molar-refractivity contribution in [2.45, 2.75) is 18.9 Å². The Kier molecular flexibility index (Phi) is 3.87. The quantitative estimate of drug-likeness (QED) is 0.643. The smallest absolute Gasteiger partial charge is 0.265 e. The molecule has 5 rings (SSSR count). The lowest BCUT2D eigenvalue weighted by Crippen LogP contribution is -2.52. The standard InChI is InChI=1S/C21H21N5OS/c1-3-10-26-16-6-4-9-22-19(16)25-11-5-7-17(25)21(26)8-12-24(13-21)20(27)18-15(2)23-14-28-18/h3-7,9,11,14H,1,8,10,12-13H2,2H3/t21-/m1/s1. The van der Waals surface area contributed by atoms with E-state index in [0.717, 1.165) is 28.5 Å². The largest absolute Gasteiger partial charge is 0.352 e. The lowest BCUT2D eigenvalue weighted by Gasteiger charge is -2.46. The van der Waals surface area contributed by atoms with Gasteiger partial charge in [-0.2, -0.15) is 0 Å². The van der Waals surface area contributed by atoms with Crippen molar-refractivity contribution in [1.29, 1.82) is 0 Å². The summed E-state index contributed by atoms with van der Waals surface area (Å²) in [6.45, 7) is 7.92. The Bertz CT molecular complexity index is 1070. The molecular weight excluding hydrogens is 370 g/mol. The first-order valence-electron chi connectivity index (χ1n) is 9.37. The van der Waals surface area contributed by atoms with Gasteiger partial charge in [0, 0.05) is 32.0 Å². The molecule has 1 saturated heterocycles. The van der Waals surface area contributed by atoms with E-state index >= 15 is 0 Å². The van der Waals surface area contributed by atoms with Gasteiger partial charge >= 0.3 is 0 Å². The third-order valence-electron chi connectivity index (χ3n) is 5.81. The number of hydrogen-bond acceptors (Lipinski definition) is 5. The maximum absolute atomic E-state index is 13.2. The Balaban J connectivity index is 1.60.